The van der Waals surface area contributed by atoms with Gasteiger partial charge in [-0.3, -0.25) is 0 Å². The number of halogens is 4. The van der Waals surface area contributed by atoms with E-state index in [1.54, 1.807) is 0 Å². The van der Waals surface area contributed by atoms with Crippen LogP contribution in [-0.4, -0.2) is 12.0 Å². The summed E-state index contributed by atoms with van der Waals surface area (Å²) in [5.41, 5.74) is 0. The Kier molecular flexibility index (Phi) is 1.03. The van der Waals surface area contributed by atoms with Crippen LogP contribution < -0.4 is 0 Å². The van der Waals surface area contributed by atoms with E-state index in [0.717, 1.165) is 0 Å². The van der Waals surface area contributed by atoms with E-state index in [9.17, 15) is 17.6 Å². The molecule has 0 aromatic heterocycles. The lowest BCUT2D eigenvalue weighted by atomic mass is 10.1. The molecule has 2 aliphatic rings. The number of fused-ring (bicyclic) bond motifs is 1. The number of allylic oxidation sites excluding steroid dienone is 2. The Balaban J connectivity index is 2.48. The minimum Gasteiger partial charge on any atom is -0.324 e. The SMILES string of the molecule is FC1=CC2OC2(F)C(F)=C1F. The summed E-state index contributed by atoms with van der Waals surface area (Å²) in [7, 11) is 0. The average Bonchev–Trinajstić information content (AvgIpc) is 2.59. The minimum absolute atomic E-state index is 0.568. The molecule has 0 amide bonds. The molecule has 1 fully saturated rings. The zero-order valence-electron chi connectivity index (χ0n) is 5.07. The van der Waals surface area contributed by atoms with Crippen LogP contribution in [0.2, 0.25) is 0 Å². The van der Waals surface area contributed by atoms with Gasteiger partial charge in [-0.2, -0.15) is 0 Å². The molecule has 1 saturated heterocycles. The predicted octanol–water partition coefficient (Wildman–Crippen LogP) is 2.07. The van der Waals surface area contributed by atoms with Crippen molar-refractivity contribution in [2.24, 2.45) is 0 Å². The first-order valence-corrected chi connectivity index (χ1v) is 2.86. The van der Waals surface area contributed by atoms with E-state index in [4.69, 9.17) is 0 Å². The number of rotatable bonds is 0. The van der Waals surface area contributed by atoms with Crippen LogP contribution >= 0.6 is 0 Å². The van der Waals surface area contributed by atoms with Gasteiger partial charge in [-0.1, -0.05) is 0 Å². The second-order valence-electron chi connectivity index (χ2n) is 2.33. The summed E-state index contributed by atoms with van der Waals surface area (Å²) in [5.74, 6) is -7.73. The fourth-order valence-electron chi connectivity index (χ4n) is 0.929. The summed E-state index contributed by atoms with van der Waals surface area (Å²) in [5, 5.41) is 0. The van der Waals surface area contributed by atoms with Gasteiger partial charge in [0.25, 0.3) is 5.85 Å². The maximum Gasteiger partial charge on any atom is 0.295 e. The van der Waals surface area contributed by atoms with Crippen LogP contribution in [0, 0.1) is 0 Å². The number of epoxide rings is 1. The molecule has 1 heterocycles. The standard InChI is InChI=1S/C6H2F4O/c7-2-1-3-6(10,11-3)5(9)4(2)8/h1,3H. The quantitative estimate of drug-likeness (QED) is 0.396. The summed E-state index contributed by atoms with van der Waals surface area (Å²) in [6.07, 6.45) is -0.722. The van der Waals surface area contributed by atoms with Gasteiger partial charge in [0.2, 0.25) is 5.83 Å². The summed E-state index contributed by atoms with van der Waals surface area (Å²) in [6, 6.07) is 0. The van der Waals surface area contributed by atoms with E-state index in [0.29, 0.717) is 6.08 Å². The van der Waals surface area contributed by atoms with Crippen LogP contribution in [0.4, 0.5) is 17.6 Å². The fraction of sp³-hybridized carbons (Fsp3) is 0.333. The maximum atomic E-state index is 12.7. The number of hydrogen-bond acceptors (Lipinski definition) is 1. The molecule has 0 aromatic carbocycles. The molecule has 2 atom stereocenters. The van der Waals surface area contributed by atoms with Crippen LogP contribution in [0.3, 0.4) is 0 Å². The molecule has 60 valence electrons. The Hall–Kier alpha value is -0.840. The molecule has 0 aromatic rings. The lowest BCUT2D eigenvalue weighted by molar-refractivity contribution is 0.145. The summed E-state index contributed by atoms with van der Waals surface area (Å²) >= 11 is 0. The first-order chi connectivity index (χ1) is 5.05. The molecule has 0 bridgehead atoms. The van der Waals surface area contributed by atoms with Gasteiger partial charge in [0, 0.05) is 0 Å². The summed E-state index contributed by atoms with van der Waals surface area (Å²) in [6.45, 7) is 0. The van der Waals surface area contributed by atoms with E-state index in [1.165, 1.54) is 0 Å². The second-order valence-corrected chi connectivity index (χ2v) is 2.33. The molecule has 1 aliphatic carbocycles. The zero-order valence-corrected chi connectivity index (χ0v) is 5.07. The first kappa shape index (κ1) is 6.84. The van der Waals surface area contributed by atoms with E-state index < -0.39 is 29.4 Å². The third-order valence-corrected chi connectivity index (χ3v) is 1.61. The lowest BCUT2D eigenvalue weighted by Crippen LogP contribution is -2.12. The highest BCUT2D eigenvalue weighted by molar-refractivity contribution is 5.38. The molecule has 2 unspecified atom stereocenters. The molecule has 0 radical (unpaired) electrons. The molecular formula is C6H2F4O. The van der Waals surface area contributed by atoms with Crippen molar-refractivity contribution in [2.75, 3.05) is 0 Å². The molecule has 0 N–H and O–H groups in total. The zero-order chi connectivity index (χ0) is 8.22. The summed E-state index contributed by atoms with van der Waals surface area (Å²) < 4.78 is 53.5. The third-order valence-electron chi connectivity index (χ3n) is 1.61. The van der Waals surface area contributed by atoms with Crippen LogP contribution in [0.25, 0.3) is 0 Å². The highest BCUT2D eigenvalue weighted by Crippen LogP contribution is 2.51. The van der Waals surface area contributed by atoms with Crippen molar-refractivity contribution >= 4 is 0 Å². The Morgan fingerprint density at radius 3 is 2.64 bits per heavy atom. The van der Waals surface area contributed by atoms with Crippen LogP contribution in [-0.2, 0) is 4.74 Å². The van der Waals surface area contributed by atoms with Crippen molar-refractivity contribution in [1.29, 1.82) is 0 Å². The van der Waals surface area contributed by atoms with Crippen molar-refractivity contribution in [2.45, 2.75) is 12.0 Å². The number of hydrogen-bond donors (Lipinski definition) is 0. The van der Waals surface area contributed by atoms with Gasteiger partial charge < -0.3 is 4.74 Å². The van der Waals surface area contributed by atoms with E-state index in [-0.39, 0.29) is 0 Å². The molecule has 5 heteroatoms. The lowest BCUT2D eigenvalue weighted by Gasteiger charge is -2.03. The van der Waals surface area contributed by atoms with Gasteiger partial charge in [-0.15, -0.1) is 0 Å². The average molecular weight is 166 g/mol. The van der Waals surface area contributed by atoms with Crippen LogP contribution in [0.15, 0.2) is 23.6 Å². The predicted molar refractivity (Wildman–Crippen MR) is 27.1 cm³/mol. The molecule has 2 rings (SSSR count). The molecule has 1 nitrogen and oxygen atoms in total. The third kappa shape index (κ3) is 0.686. The van der Waals surface area contributed by atoms with Gasteiger partial charge in [-0.05, 0) is 6.08 Å². The van der Waals surface area contributed by atoms with Gasteiger partial charge in [0.15, 0.2) is 11.7 Å². The molecule has 0 spiro atoms. The Labute approximate surface area is 58.9 Å². The maximum absolute atomic E-state index is 12.7. The molecular weight excluding hydrogens is 164 g/mol. The monoisotopic (exact) mass is 166 g/mol. The van der Waals surface area contributed by atoms with Gasteiger partial charge in [0.05, 0.1) is 0 Å². The van der Waals surface area contributed by atoms with E-state index in [2.05, 4.69) is 4.74 Å². The van der Waals surface area contributed by atoms with Gasteiger partial charge in [-0.25, -0.2) is 17.6 Å². The number of alkyl halides is 1. The second kappa shape index (κ2) is 1.66. The highest BCUT2D eigenvalue weighted by Gasteiger charge is 2.65. The van der Waals surface area contributed by atoms with Crippen molar-refractivity contribution in [3.05, 3.63) is 23.6 Å². The Morgan fingerprint density at radius 1 is 1.36 bits per heavy atom. The van der Waals surface area contributed by atoms with E-state index in [1.807, 2.05) is 0 Å². The first-order valence-electron chi connectivity index (χ1n) is 2.86. The van der Waals surface area contributed by atoms with Crippen molar-refractivity contribution < 1.29 is 22.3 Å². The topological polar surface area (TPSA) is 12.5 Å². The highest BCUT2D eigenvalue weighted by atomic mass is 19.2. The largest absolute Gasteiger partial charge is 0.324 e. The smallest absolute Gasteiger partial charge is 0.295 e. The van der Waals surface area contributed by atoms with Crippen LogP contribution in [0.5, 0.6) is 0 Å². The van der Waals surface area contributed by atoms with Crippen LogP contribution in [0.1, 0.15) is 0 Å². The van der Waals surface area contributed by atoms with Crippen molar-refractivity contribution in [1.82, 2.24) is 0 Å². The molecule has 11 heavy (non-hydrogen) atoms. The van der Waals surface area contributed by atoms with Gasteiger partial charge >= 0.3 is 0 Å². The van der Waals surface area contributed by atoms with Crippen molar-refractivity contribution in [3.63, 3.8) is 0 Å². The number of ether oxygens (including phenoxy) is 1. The Morgan fingerprint density at radius 2 is 2.00 bits per heavy atom. The van der Waals surface area contributed by atoms with Crippen molar-refractivity contribution in [3.8, 4) is 0 Å². The van der Waals surface area contributed by atoms with Gasteiger partial charge in [0.1, 0.15) is 6.10 Å². The molecule has 1 aliphatic heterocycles. The van der Waals surface area contributed by atoms with E-state index >= 15 is 0 Å². The fourth-order valence-corrected chi connectivity index (χ4v) is 0.929. The molecule has 0 saturated carbocycles. The normalized spacial score (nSPS) is 41.8. The minimum atomic E-state index is -2.72. The summed E-state index contributed by atoms with van der Waals surface area (Å²) in [4.78, 5) is 0. The Bertz CT molecular complexity index is 282.